The summed E-state index contributed by atoms with van der Waals surface area (Å²) < 4.78 is 5.65. The average molecular weight is 342 g/mol. The maximum absolute atomic E-state index is 12.2. The monoisotopic (exact) mass is 342 g/mol. The predicted octanol–water partition coefficient (Wildman–Crippen LogP) is 3.35. The first kappa shape index (κ1) is 16.2. The first-order valence-electron chi connectivity index (χ1n) is 7.46. The molecular formula is C17H18N4O2S. The Morgan fingerprint density at radius 2 is 2.17 bits per heavy atom. The lowest BCUT2D eigenvalue weighted by Gasteiger charge is -2.12. The second-order valence-electron chi connectivity index (χ2n) is 5.52. The summed E-state index contributed by atoms with van der Waals surface area (Å²) in [5.74, 6) is 1.56. The quantitative estimate of drug-likeness (QED) is 0.770. The van der Waals surface area contributed by atoms with Gasteiger partial charge in [0.25, 0.3) is 0 Å². The van der Waals surface area contributed by atoms with Crippen molar-refractivity contribution in [2.45, 2.75) is 13.3 Å². The van der Waals surface area contributed by atoms with Gasteiger partial charge in [-0.1, -0.05) is 6.07 Å². The zero-order chi connectivity index (χ0) is 17.1. The molecule has 0 fully saturated rings. The van der Waals surface area contributed by atoms with E-state index in [1.165, 1.54) is 0 Å². The molecule has 3 heterocycles. The van der Waals surface area contributed by atoms with Gasteiger partial charge in [0.05, 0.1) is 28.9 Å². The lowest BCUT2D eigenvalue weighted by molar-refractivity contribution is -0.115. The highest BCUT2D eigenvalue weighted by Crippen LogP contribution is 2.26. The van der Waals surface area contributed by atoms with E-state index in [-0.39, 0.29) is 12.3 Å². The number of amides is 1. The molecule has 0 aromatic carbocycles. The third kappa shape index (κ3) is 3.62. The number of carbonyl (C=O) groups is 1. The molecule has 0 spiro atoms. The molecule has 0 unspecified atom stereocenters. The standard InChI is InChI=1S/C17H18N4O2S/c1-11-13(19-17(23-11)14-5-4-8-24-14)9-16(22)20-15-7-6-12(10-18-15)21(2)3/h4-8,10H,9H2,1-3H3,(H,18,20,22). The minimum Gasteiger partial charge on any atom is -0.440 e. The largest absolute Gasteiger partial charge is 0.440 e. The summed E-state index contributed by atoms with van der Waals surface area (Å²) in [7, 11) is 3.88. The molecule has 0 aliphatic rings. The molecule has 0 saturated carbocycles. The van der Waals surface area contributed by atoms with Crippen molar-refractivity contribution < 1.29 is 9.21 Å². The first-order valence-corrected chi connectivity index (χ1v) is 8.34. The minimum absolute atomic E-state index is 0.151. The number of thiophene rings is 1. The summed E-state index contributed by atoms with van der Waals surface area (Å²) in [6, 6.07) is 7.56. The van der Waals surface area contributed by atoms with E-state index in [0.717, 1.165) is 10.6 Å². The predicted molar refractivity (Wildman–Crippen MR) is 95.5 cm³/mol. The fourth-order valence-electron chi connectivity index (χ4n) is 2.16. The zero-order valence-electron chi connectivity index (χ0n) is 13.7. The molecule has 0 bridgehead atoms. The molecule has 1 N–H and O–H groups in total. The third-order valence-electron chi connectivity index (χ3n) is 3.48. The van der Waals surface area contributed by atoms with Crippen LogP contribution in [0.3, 0.4) is 0 Å². The molecule has 124 valence electrons. The molecule has 3 rings (SSSR count). The van der Waals surface area contributed by atoms with Gasteiger partial charge >= 0.3 is 0 Å². The summed E-state index contributed by atoms with van der Waals surface area (Å²) in [4.78, 5) is 23.8. The van der Waals surface area contributed by atoms with Crippen LogP contribution in [0.4, 0.5) is 11.5 Å². The second kappa shape index (κ2) is 6.84. The van der Waals surface area contributed by atoms with E-state index >= 15 is 0 Å². The van der Waals surface area contributed by atoms with Crippen molar-refractivity contribution in [2.24, 2.45) is 0 Å². The highest BCUT2D eigenvalue weighted by atomic mass is 32.1. The molecule has 0 aliphatic heterocycles. The molecule has 3 aromatic heterocycles. The lowest BCUT2D eigenvalue weighted by atomic mass is 10.2. The summed E-state index contributed by atoms with van der Waals surface area (Å²) >= 11 is 1.55. The van der Waals surface area contributed by atoms with Crippen LogP contribution in [0.1, 0.15) is 11.5 Å². The van der Waals surface area contributed by atoms with Crippen molar-refractivity contribution in [1.29, 1.82) is 0 Å². The maximum atomic E-state index is 12.2. The molecule has 1 amide bonds. The van der Waals surface area contributed by atoms with Crippen LogP contribution in [-0.4, -0.2) is 30.0 Å². The number of rotatable bonds is 5. The molecule has 3 aromatic rings. The van der Waals surface area contributed by atoms with Gasteiger partial charge in [-0.2, -0.15) is 0 Å². The number of hydrogen-bond acceptors (Lipinski definition) is 6. The van der Waals surface area contributed by atoms with E-state index in [9.17, 15) is 4.79 Å². The van der Waals surface area contributed by atoms with Crippen LogP contribution >= 0.6 is 11.3 Å². The zero-order valence-corrected chi connectivity index (χ0v) is 14.6. The van der Waals surface area contributed by atoms with E-state index in [1.807, 2.05) is 49.5 Å². The lowest BCUT2D eigenvalue weighted by Crippen LogP contribution is -2.16. The van der Waals surface area contributed by atoms with Crippen LogP contribution in [0.15, 0.2) is 40.3 Å². The van der Waals surface area contributed by atoms with Gasteiger partial charge in [-0.3, -0.25) is 4.79 Å². The van der Waals surface area contributed by atoms with Gasteiger partial charge in [0.2, 0.25) is 11.8 Å². The maximum Gasteiger partial charge on any atom is 0.236 e. The summed E-state index contributed by atoms with van der Waals surface area (Å²) in [6.45, 7) is 1.82. The van der Waals surface area contributed by atoms with Crippen LogP contribution in [-0.2, 0) is 11.2 Å². The van der Waals surface area contributed by atoms with Crippen LogP contribution < -0.4 is 10.2 Å². The van der Waals surface area contributed by atoms with Crippen molar-refractivity contribution in [3.05, 3.63) is 47.3 Å². The average Bonchev–Trinajstić information content (AvgIpc) is 3.18. The van der Waals surface area contributed by atoms with E-state index in [0.29, 0.717) is 23.2 Å². The second-order valence-corrected chi connectivity index (χ2v) is 6.47. The number of nitrogens with one attached hydrogen (secondary N) is 1. The van der Waals surface area contributed by atoms with Crippen molar-refractivity contribution in [3.63, 3.8) is 0 Å². The topological polar surface area (TPSA) is 71.3 Å². The Morgan fingerprint density at radius 1 is 1.33 bits per heavy atom. The Labute approximate surface area is 144 Å². The fourth-order valence-corrected chi connectivity index (χ4v) is 2.81. The number of anilines is 2. The third-order valence-corrected chi connectivity index (χ3v) is 4.34. The molecule has 7 heteroatoms. The van der Waals surface area contributed by atoms with Crippen molar-refractivity contribution >= 4 is 28.7 Å². The van der Waals surface area contributed by atoms with Crippen molar-refractivity contribution in [2.75, 3.05) is 24.3 Å². The Balaban J connectivity index is 1.66. The number of nitrogens with zero attached hydrogens (tertiary/aromatic N) is 3. The number of carbonyl (C=O) groups excluding carboxylic acids is 1. The Hall–Kier alpha value is -2.67. The fraction of sp³-hybridized carbons (Fsp3) is 0.235. The van der Waals surface area contributed by atoms with Gasteiger partial charge in [-0.15, -0.1) is 11.3 Å². The normalized spacial score (nSPS) is 10.6. The number of aromatic nitrogens is 2. The van der Waals surface area contributed by atoms with E-state index in [2.05, 4.69) is 15.3 Å². The molecule has 24 heavy (non-hydrogen) atoms. The van der Waals surface area contributed by atoms with Gasteiger partial charge in [0, 0.05) is 14.1 Å². The highest BCUT2D eigenvalue weighted by Gasteiger charge is 2.15. The van der Waals surface area contributed by atoms with Gasteiger partial charge in [-0.05, 0) is 30.5 Å². The molecule has 0 saturated heterocycles. The number of hydrogen-bond donors (Lipinski definition) is 1. The number of pyridine rings is 1. The SMILES string of the molecule is Cc1oc(-c2cccs2)nc1CC(=O)Nc1ccc(N(C)C)cn1. The van der Waals surface area contributed by atoms with Gasteiger partial charge in [0.1, 0.15) is 11.6 Å². The first-order chi connectivity index (χ1) is 11.5. The molecule has 0 atom stereocenters. The van der Waals surface area contributed by atoms with Gasteiger partial charge in [0.15, 0.2) is 0 Å². The Bertz CT molecular complexity index is 823. The molecule has 0 radical (unpaired) electrons. The summed E-state index contributed by atoms with van der Waals surface area (Å²) in [6.07, 6.45) is 1.86. The Morgan fingerprint density at radius 3 is 2.79 bits per heavy atom. The highest BCUT2D eigenvalue weighted by molar-refractivity contribution is 7.13. The van der Waals surface area contributed by atoms with Crippen LogP contribution in [0, 0.1) is 6.92 Å². The smallest absolute Gasteiger partial charge is 0.236 e. The number of aryl methyl sites for hydroxylation is 1. The van der Waals surface area contributed by atoms with Gasteiger partial charge < -0.3 is 14.6 Å². The van der Waals surface area contributed by atoms with E-state index < -0.39 is 0 Å². The summed E-state index contributed by atoms with van der Waals surface area (Å²) in [5, 5.41) is 4.74. The van der Waals surface area contributed by atoms with E-state index in [4.69, 9.17) is 4.42 Å². The molecule has 0 aliphatic carbocycles. The Kier molecular flexibility index (Phi) is 4.61. The number of oxazole rings is 1. The van der Waals surface area contributed by atoms with Crippen LogP contribution in [0.2, 0.25) is 0 Å². The molecular weight excluding hydrogens is 324 g/mol. The van der Waals surface area contributed by atoms with Crippen molar-refractivity contribution in [3.8, 4) is 10.8 Å². The minimum atomic E-state index is -0.172. The summed E-state index contributed by atoms with van der Waals surface area (Å²) in [5.41, 5.74) is 1.61. The molecule has 6 nitrogen and oxygen atoms in total. The van der Waals surface area contributed by atoms with E-state index in [1.54, 1.807) is 23.6 Å². The van der Waals surface area contributed by atoms with Gasteiger partial charge in [-0.25, -0.2) is 9.97 Å². The van der Waals surface area contributed by atoms with Crippen LogP contribution in [0.25, 0.3) is 10.8 Å². The van der Waals surface area contributed by atoms with Crippen LogP contribution in [0.5, 0.6) is 0 Å². The van der Waals surface area contributed by atoms with Crippen molar-refractivity contribution in [1.82, 2.24) is 9.97 Å².